The van der Waals surface area contributed by atoms with E-state index in [-0.39, 0.29) is 0 Å². The number of rotatable bonds is 7. The van der Waals surface area contributed by atoms with Gasteiger partial charge in [-0.05, 0) is 43.5 Å². The smallest absolute Gasteiger partial charge is 0.124 e. The highest BCUT2D eigenvalue weighted by molar-refractivity contribution is 9.10. The maximum absolute atomic E-state index is 6.06. The first-order valence-electron chi connectivity index (χ1n) is 8.50. The van der Waals surface area contributed by atoms with Crippen molar-refractivity contribution in [2.24, 2.45) is 0 Å². The summed E-state index contributed by atoms with van der Waals surface area (Å²) in [4.78, 5) is 0. The Hall–Kier alpha value is -1.36. The monoisotopic (exact) mass is 389 g/mol. The first-order chi connectivity index (χ1) is 11.7. The van der Waals surface area contributed by atoms with Gasteiger partial charge >= 0.3 is 0 Å². The summed E-state index contributed by atoms with van der Waals surface area (Å²) < 4.78 is 12.8. The number of hydrogen-bond acceptors (Lipinski definition) is 3. The Morgan fingerprint density at radius 2 is 2.17 bits per heavy atom. The molecule has 0 bridgehead atoms. The Labute approximate surface area is 152 Å². The van der Waals surface area contributed by atoms with Gasteiger partial charge in [-0.3, -0.25) is 0 Å². The van der Waals surface area contributed by atoms with E-state index < -0.39 is 0 Å². The zero-order valence-electron chi connectivity index (χ0n) is 14.1. The molecule has 1 fully saturated rings. The summed E-state index contributed by atoms with van der Waals surface area (Å²) in [5.41, 5.74) is 3.61. The van der Waals surface area contributed by atoms with Gasteiger partial charge in [-0.2, -0.15) is 0 Å². The van der Waals surface area contributed by atoms with Gasteiger partial charge in [-0.1, -0.05) is 45.8 Å². The average Bonchev–Trinajstić information content (AvgIpc) is 3.07. The fourth-order valence-electron chi connectivity index (χ4n) is 2.96. The zero-order valence-corrected chi connectivity index (χ0v) is 15.6. The zero-order chi connectivity index (χ0) is 16.8. The van der Waals surface area contributed by atoms with E-state index in [0.717, 1.165) is 41.9 Å². The van der Waals surface area contributed by atoms with E-state index in [4.69, 9.17) is 9.47 Å². The Morgan fingerprint density at radius 3 is 2.96 bits per heavy atom. The first kappa shape index (κ1) is 17.5. The van der Waals surface area contributed by atoms with Crippen molar-refractivity contribution >= 4 is 15.9 Å². The van der Waals surface area contributed by atoms with Gasteiger partial charge in [0.05, 0.1) is 6.10 Å². The lowest BCUT2D eigenvalue weighted by Crippen LogP contribution is -2.26. The molecule has 1 atom stereocenters. The SMILES string of the molecule is Cc1cccc(COc2ccc(Br)cc2CNC[C@H]2CCCO2)c1. The normalized spacial score (nSPS) is 17.2. The lowest BCUT2D eigenvalue weighted by molar-refractivity contribution is 0.110. The third-order valence-corrected chi connectivity index (χ3v) is 4.70. The van der Waals surface area contributed by atoms with Crippen LogP contribution in [-0.4, -0.2) is 19.3 Å². The second-order valence-corrected chi connectivity index (χ2v) is 7.21. The van der Waals surface area contributed by atoms with Crippen molar-refractivity contribution in [1.82, 2.24) is 5.32 Å². The molecule has 2 aromatic rings. The van der Waals surface area contributed by atoms with E-state index in [0.29, 0.717) is 12.7 Å². The highest BCUT2D eigenvalue weighted by atomic mass is 79.9. The molecule has 0 saturated carbocycles. The average molecular weight is 390 g/mol. The van der Waals surface area contributed by atoms with Gasteiger partial charge in [0.15, 0.2) is 0 Å². The Balaban J connectivity index is 1.59. The second-order valence-electron chi connectivity index (χ2n) is 6.30. The van der Waals surface area contributed by atoms with Crippen molar-refractivity contribution in [1.29, 1.82) is 0 Å². The standard InChI is InChI=1S/C20H24BrNO2/c1-15-4-2-5-16(10-15)14-24-20-8-7-18(21)11-17(20)12-22-13-19-6-3-9-23-19/h2,4-5,7-8,10-11,19,22H,3,6,9,12-14H2,1H3/t19-/m1/s1. The van der Waals surface area contributed by atoms with Crippen molar-refractivity contribution in [2.45, 2.75) is 39.0 Å². The van der Waals surface area contributed by atoms with Gasteiger partial charge in [0.25, 0.3) is 0 Å². The van der Waals surface area contributed by atoms with Gasteiger partial charge in [-0.25, -0.2) is 0 Å². The predicted molar refractivity (Wildman–Crippen MR) is 100 cm³/mol. The summed E-state index contributed by atoms with van der Waals surface area (Å²) in [5, 5.41) is 3.49. The van der Waals surface area contributed by atoms with Gasteiger partial charge in [0, 0.05) is 29.7 Å². The molecule has 3 nitrogen and oxygen atoms in total. The number of ether oxygens (including phenoxy) is 2. The molecule has 128 valence electrons. The van der Waals surface area contributed by atoms with Crippen molar-refractivity contribution in [3.8, 4) is 5.75 Å². The molecular weight excluding hydrogens is 366 g/mol. The minimum Gasteiger partial charge on any atom is -0.489 e. The van der Waals surface area contributed by atoms with E-state index in [1.807, 2.05) is 12.1 Å². The van der Waals surface area contributed by atoms with E-state index in [9.17, 15) is 0 Å². The van der Waals surface area contributed by atoms with Crippen LogP contribution in [0, 0.1) is 6.92 Å². The van der Waals surface area contributed by atoms with E-state index >= 15 is 0 Å². The quantitative estimate of drug-likeness (QED) is 0.749. The Kier molecular flexibility index (Phi) is 6.30. The maximum Gasteiger partial charge on any atom is 0.124 e. The van der Waals surface area contributed by atoms with Crippen molar-refractivity contribution in [3.05, 3.63) is 63.6 Å². The molecule has 3 rings (SSSR count). The molecular formula is C20H24BrNO2. The van der Waals surface area contributed by atoms with Gasteiger partial charge in [-0.15, -0.1) is 0 Å². The molecule has 0 aromatic heterocycles. The summed E-state index contributed by atoms with van der Waals surface area (Å²) >= 11 is 3.55. The molecule has 1 aliphatic heterocycles. The predicted octanol–water partition coefficient (Wildman–Crippen LogP) is 4.61. The number of nitrogens with one attached hydrogen (secondary N) is 1. The third kappa shape index (κ3) is 5.07. The van der Waals surface area contributed by atoms with Gasteiger partial charge in [0.1, 0.15) is 12.4 Å². The van der Waals surface area contributed by atoms with Crippen LogP contribution in [0.25, 0.3) is 0 Å². The third-order valence-electron chi connectivity index (χ3n) is 4.21. The van der Waals surface area contributed by atoms with E-state index in [2.05, 4.69) is 58.5 Å². The summed E-state index contributed by atoms with van der Waals surface area (Å²) in [6.07, 6.45) is 2.69. The number of halogens is 1. The van der Waals surface area contributed by atoms with Crippen LogP contribution >= 0.6 is 15.9 Å². The van der Waals surface area contributed by atoms with E-state index in [1.165, 1.54) is 17.5 Å². The van der Waals surface area contributed by atoms with Crippen LogP contribution < -0.4 is 10.1 Å². The van der Waals surface area contributed by atoms with Crippen LogP contribution in [0.4, 0.5) is 0 Å². The molecule has 1 heterocycles. The fraction of sp³-hybridized carbons (Fsp3) is 0.400. The van der Waals surface area contributed by atoms with E-state index in [1.54, 1.807) is 0 Å². The van der Waals surface area contributed by atoms with Crippen LogP contribution in [0.15, 0.2) is 46.9 Å². The summed E-state index contributed by atoms with van der Waals surface area (Å²) in [6.45, 7) is 5.26. The molecule has 24 heavy (non-hydrogen) atoms. The lowest BCUT2D eigenvalue weighted by atomic mass is 10.1. The Bertz CT molecular complexity index is 668. The summed E-state index contributed by atoms with van der Waals surface area (Å²) in [6, 6.07) is 14.6. The molecule has 1 N–H and O–H groups in total. The van der Waals surface area contributed by atoms with Crippen LogP contribution in [0.5, 0.6) is 5.75 Å². The molecule has 1 saturated heterocycles. The highest BCUT2D eigenvalue weighted by Crippen LogP contribution is 2.24. The minimum absolute atomic E-state index is 0.355. The lowest BCUT2D eigenvalue weighted by Gasteiger charge is -2.15. The summed E-state index contributed by atoms with van der Waals surface area (Å²) in [7, 11) is 0. The molecule has 0 spiro atoms. The van der Waals surface area contributed by atoms with Crippen LogP contribution in [0.3, 0.4) is 0 Å². The number of aryl methyl sites for hydroxylation is 1. The molecule has 0 radical (unpaired) electrons. The minimum atomic E-state index is 0.355. The van der Waals surface area contributed by atoms with Crippen LogP contribution in [0.2, 0.25) is 0 Å². The van der Waals surface area contributed by atoms with Gasteiger partial charge in [0.2, 0.25) is 0 Å². The molecule has 4 heteroatoms. The molecule has 0 unspecified atom stereocenters. The Morgan fingerprint density at radius 1 is 1.25 bits per heavy atom. The highest BCUT2D eigenvalue weighted by Gasteiger charge is 2.15. The second kappa shape index (κ2) is 8.65. The number of hydrogen-bond donors (Lipinski definition) is 1. The molecule has 0 aliphatic carbocycles. The largest absolute Gasteiger partial charge is 0.489 e. The topological polar surface area (TPSA) is 30.5 Å². The van der Waals surface area contributed by atoms with Crippen LogP contribution in [0.1, 0.15) is 29.5 Å². The van der Waals surface area contributed by atoms with Crippen molar-refractivity contribution < 1.29 is 9.47 Å². The molecule has 2 aromatic carbocycles. The maximum atomic E-state index is 6.06. The summed E-state index contributed by atoms with van der Waals surface area (Å²) in [5.74, 6) is 0.930. The van der Waals surface area contributed by atoms with Crippen molar-refractivity contribution in [2.75, 3.05) is 13.2 Å². The van der Waals surface area contributed by atoms with Gasteiger partial charge < -0.3 is 14.8 Å². The fourth-order valence-corrected chi connectivity index (χ4v) is 3.37. The first-order valence-corrected chi connectivity index (χ1v) is 9.29. The molecule has 1 aliphatic rings. The van der Waals surface area contributed by atoms with Crippen LogP contribution in [-0.2, 0) is 17.9 Å². The number of benzene rings is 2. The molecule has 0 amide bonds. The van der Waals surface area contributed by atoms with Crippen molar-refractivity contribution in [3.63, 3.8) is 0 Å².